The molecule has 1 heterocycles. The van der Waals surface area contributed by atoms with E-state index < -0.39 is 0 Å². The lowest BCUT2D eigenvalue weighted by Crippen LogP contribution is -2.31. The summed E-state index contributed by atoms with van der Waals surface area (Å²) < 4.78 is 7.20. The maximum absolute atomic E-state index is 5.53. The molecule has 0 spiro atoms. The number of para-hydroxylation sites is 1. The number of hydrogen-bond acceptors (Lipinski definition) is 4. The van der Waals surface area contributed by atoms with E-state index in [2.05, 4.69) is 10.5 Å². The van der Waals surface area contributed by atoms with Crippen LogP contribution in [0, 0.1) is 0 Å². The minimum absolute atomic E-state index is 0.0394. The summed E-state index contributed by atoms with van der Waals surface area (Å²) in [6, 6.07) is 9.91. The predicted molar refractivity (Wildman–Crippen MR) is 70.1 cm³/mol. The van der Waals surface area contributed by atoms with E-state index in [9.17, 15) is 0 Å². The van der Waals surface area contributed by atoms with Crippen LogP contribution >= 0.6 is 0 Å². The van der Waals surface area contributed by atoms with Gasteiger partial charge in [-0.1, -0.05) is 18.2 Å². The monoisotopic (exact) mass is 246 g/mol. The number of rotatable bonds is 6. The van der Waals surface area contributed by atoms with Gasteiger partial charge in [-0.15, -0.1) is 0 Å². The van der Waals surface area contributed by atoms with Crippen LogP contribution in [0.25, 0.3) is 5.69 Å². The first-order valence-electron chi connectivity index (χ1n) is 5.99. The molecular weight excluding hydrogens is 228 g/mol. The Labute approximate surface area is 107 Å². The van der Waals surface area contributed by atoms with Crippen molar-refractivity contribution in [3.63, 3.8) is 0 Å². The molecule has 0 radical (unpaired) electrons. The van der Waals surface area contributed by atoms with E-state index in [4.69, 9.17) is 10.6 Å². The summed E-state index contributed by atoms with van der Waals surface area (Å²) >= 11 is 0. The van der Waals surface area contributed by atoms with Gasteiger partial charge in [-0.05, 0) is 19.1 Å². The Balaban J connectivity index is 2.14. The Morgan fingerprint density at radius 1 is 1.39 bits per heavy atom. The number of aromatic nitrogens is 2. The van der Waals surface area contributed by atoms with Gasteiger partial charge < -0.3 is 4.74 Å². The lowest BCUT2D eigenvalue weighted by Gasteiger charge is -2.13. The van der Waals surface area contributed by atoms with Gasteiger partial charge in [0.25, 0.3) is 0 Å². The van der Waals surface area contributed by atoms with Crippen molar-refractivity contribution in [2.45, 2.75) is 13.0 Å². The van der Waals surface area contributed by atoms with Crippen molar-refractivity contribution in [2.24, 2.45) is 5.84 Å². The van der Waals surface area contributed by atoms with Crippen LogP contribution in [0.4, 0.5) is 0 Å². The maximum atomic E-state index is 5.53. The van der Waals surface area contributed by atoms with E-state index in [1.54, 1.807) is 6.20 Å². The predicted octanol–water partition coefficient (Wildman–Crippen LogP) is 1.41. The number of hydrazine groups is 1. The van der Waals surface area contributed by atoms with Gasteiger partial charge in [-0.25, -0.2) is 4.68 Å². The zero-order valence-electron chi connectivity index (χ0n) is 10.4. The molecule has 0 aliphatic carbocycles. The van der Waals surface area contributed by atoms with Gasteiger partial charge in [0.15, 0.2) is 0 Å². The van der Waals surface area contributed by atoms with Crippen molar-refractivity contribution >= 4 is 0 Å². The van der Waals surface area contributed by atoms with Crippen LogP contribution < -0.4 is 11.3 Å². The molecule has 1 aromatic heterocycles. The van der Waals surface area contributed by atoms with Crippen molar-refractivity contribution in [1.82, 2.24) is 15.2 Å². The van der Waals surface area contributed by atoms with E-state index in [1.807, 2.05) is 48.1 Å². The molecule has 0 saturated carbocycles. The van der Waals surface area contributed by atoms with Gasteiger partial charge in [-0.3, -0.25) is 11.3 Å². The molecule has 0 aliphatic rings. The number of benzene rings is 1. The SMILES string of the molecule is CCOCC(NN)c1cnn(-c2ccccc2)c1. The van der Waals surface area contributed by atoms with Gasteiger partial charge in [0.1, 0.15) is 0 Å². The third-order valence-corrected chi connectivity index (χ3v) is 2.72. The second-order valence-electron chi connectivity index (χ2n) is 3.93. The van der Waals surface area contributed by atoms with Crippen LogP contribution in [-0.2, 0) is 4.74 Å². The molecule has 2 aromatic rings. The van der Waals surface area contributed by atoms with E-state index in [1.165, 1.54) is 0 Å². The van der Waals surface area contributed by atoms with Crippen molar-refractivity contribution < 1.29 is 4.74 Å². The van der Waals surface area contributed by atoms with Crippen LogP contribution in [0.1, 0.15) is 18.5 Å². The zero-order chi connectivity index (χ0) is 12.8. The Bertz CT molecular complexity index is 469. The van der Waals surface area contributed by atoms with Crippen molar-refractivity contribution in [3.8, 4) is 5.69 Å². The van der Waals surface area contributed by atoms with Gasteiger partial charge >= 0.3 is 0 Å². The third kappa shape index (κ3) is 2.95. The Morgan fingerprint density at radius 2 is 2.17 bits per heavy atom. The maximum Gasteiger partial charge on any atom is 0.0724 e. The Kier molecular flexibility index (Phi) is 4.46. The summed E-state index contributed by atoms with van der Waals surface area (Å²) in [5, 5.41) is 4.33. The molecule has 5 heteroatoms. The molecule has 96 valence electrons. The van der Waals surface area contributed by atoms with Crippen LogP contribution in [-0.4, -0.2) is 23.0 Å². The number of hydrogen-bond donors (Lipinski definition) is 2. The summed E-state index contributed by atoms with van der Waals surface area (Å²) in [7, 11) is 0. The summed E-state index contributed by atoms with van der Waals surface area (Å²) in [5.74, 6) is 5.53. The number of ether oxygens (including phenoxy) is 1. The van der Waals surface area contributed by atoms with Gasteiger partial charge in [-0.2, -0.15) is 5.10 Å². The number of nitrogens with one attached hydrogen (secondary N) is 1. The van der Waals surface area contributed by atoms with E-state index >= 15 is 0 Å². The minimum Gasteiger partial charge on any atom is -0.380 e. The van der Waals surface area contributed by atoms with Crippen LogP contribution in [0.5, 0.6) is 0 Å². The molecule has 1 atom stereocenters. The average Bonchev–Trinajstić information content (AvgIpc) is 2.90. The summed E-state index contributed by atoms with van der Waals surface area (Å²) in [6.45, 7) is 3.17. The lowest BCUT2D eigenvalue weighted by atomic mass is 10.2. The van der Waals surface area contributed by atoms with Gasteiger partial charge in [0.2, 0.25) is 0 Å². The summed E-state index contributed by atoms with van der Waals surface area (Å²) in [6.07, 6.45) is 3.76. The van der Waals surface area contributed by atoms with Gasteiger partial charge in [0.05, 0.1) is 24.5 Å². The smallest absolute Gasteiger partial charge is 0.0724 e. The highest BCUT2D eigenvalue weighted by Gasteiger charge is 2.12. The number of nitrogens with two attached hydrogens (primary N) is 1. The van der Waals surface area contributed by atoms with Crippen LogP contribution in [0.3, 0.4) is 0 Å². The number of nitrogens with zero attached hydrogens (tertiary/aromatic N) is 2. The second kappa shape index (κ2) is 6.30. The molecule has 0 amide bonds. The molecular formula is C13H18N4O. The Morgan fingerprint density at radius 3 is 2.83 bits per heavy atom. The first-order chi connectivity index (χ1) is 8.85. The average molecular weight is 246 g/mol. The molecule has 0 bridgehead atoms. The van der Waals surface area contributed by atoms with Crippen molar-refractivity contribution in [1.29, 1.82) is 0 Å². The highest BCUT2D eigenvalue weighted by Crippen LogP contribution is 2.14. The topological polar surface area (TPSA) is 65.1 Å². The zero-order valence-corrected chi connectivity index (χ0v) is 10.4. The van der Waals surface area contributed by atoms with Crippen LogP contribution in [0.2, 0.25) is 0 Å². The first-order valence-corrected chi connectivity index (χ1v) is 5.99. The summed E-state index contributed by atoms with van der Waals surface area (Å²) in [4.78, 5) is 0. The molecule has 0 saturated heterocycles. The van der Waals surface area contributed by atoms with Gasteiger partial charge in [0, 0.05) is 18.4 Å². The third-order valence-electron chi connectivity index (χ3n) is 2.72. The second-order valence-corrected chi connectivity index (χ2v) is 3.93. The van der Waals surface area contributed by atoms with Crippen molar-refractivity contribution in [3.05, 3.63) is 48.3 Å². The molecule has 18 heavy (non-hydrogen) atoms. The molecule has 3 N–H and O–H groups in total. The first kappa shape index (κ1) is 12.8. The lowest BCUT2D eigenvalue weighted by molar-refractivity contribution is 0.123. The van der Waals surface area contributed by atoms with Crippen LogP contribution in [0.15, 0.2) is 42.7 Å². The minimum atomic E-state index is -0.0394. The molecule has 2 rings (SSSR count). The largest absolute Gasteiger partial charge is 0.380 e. The normalized spacial score (nSPS) is 12.6. The molecule has 1 aromatic carbocycles. The standard InChI is InChI=1S/C13H18N4O/c1-2-18-10-13(16-14)11-8-15-17(9-11)12-6-4-3-5-7-12/h3-9,13,16H,2,10,14H2,1H3. The molecule has 1 unspecified atom stereocenters. The van der Waals surface area contributed by atoms with Crippen molar-refractivity contribution in [2.75, 3.05) is 13.2 Å². The fraction of sp³-hybridized carbons (Fsp3) is 0.308. The van der Waals surface area contributed by atoms with E-state index in [0.717, 1.165) is 11.3 Å². The Hall–Kier alpha value is -1.69. The highest BCUT2D eigenvalue weighted by molar-refractivity contribution is 5.31. The molecule has 0 aliphatic heterocycles. The quantitative estimate of drug-likeness (QED) is 0.597. The molecule has 5 nitrogen and oxygen atoms in total. The molecule has 0 fully saturated rings. The van der Waals surface area contributed by atoms with E-state index in [-0.39, 0.29) is 6.04 Å². The highest BCUT2D eigenvalue weighted by atomic mass is 16.5. The fourth-order valence-electron chi connectivity index (χ4n) is 1.71. The fourth-order valence-corrected chi connectivity index (χ4v) is 1.71. The summed E-state index contributed by atoms with van der Waals surface area (Å²) in [5.41, 5.74) is 4.77. The van der Waals surface area contributed by atoms with E-state index in [0.29, 0.717) is 13.2 Å².